The molecule has 190 valence electrons. The standard InChI is InChI=1S/C27H34N6O3/c1-16-3-7-18(8-4-16)15-22(34)25-28-23(30-32-25)19-9-11-20(12-10-19)24-29-26(33-31-24)27(35)36-21-13-5-17(2)6-14-21/h9-12,16-18,21H,3-8,13-15H2,1-2H3,(H,28,30,32)(H,29,31,33). The first-order valence-electron chi connectivity index (χ1n) is 13.1. The number of carbonyl (C=O) groups excluding carboxylic acids is 2. The lowest BCUT2D eigenvalue weighted by atomic mass is 9.80. The largest absolute Gasteiger partial charge is 0.457 e. The average molecular weight is 491 g/mol. The lowest BCUT2D eigenvalue weighted by Crippen LogP contribution is -2.24. The molecule has 2 heterocycles. The molecular weight excluding hydrogens is 456 g/mol. The van der Waals surface area contributed by atoms with Gasteiger partial charge in [0, 0.05) is 17.5 Å². The van der Waals surface area contributed by atoms with Gasteiger partial charge >= 0.3 is 5.97 Å². The third-order valence-corrected chi connectivity index (χ3v) is 7.68. The van der Waals surface area contributed by atoms with Crippen molar-refractivity contribution in [1.29, 1.82) is 0 Å². The van der Waals surface area contributed by atoms with Crippen LogP contribution in [0.4, 0.5) is 0 Å². The molecule has 2 fully saturated rings. The molecule has 2 N–H and O–H groups in total. The Morgan fingerprint density at radius 2 is 1.28 bits per heavy atom. The number of nitrogens with one attached hydrogen (secondary N) is 2. The number of esters is 1. The van der Waals surface area contributed by atoms with Gasteiger partial charge in [0.2, 0.25) is 5.82 Å². The second-order valence-corrected chi connectivity index (χ2v) is 10.6. The topological polar surface area (TPSA) is 127 Å². The molecule has 0 unspecified atom stereocenters. The SMILES string of the molecule is CC1CCC(CC(=O)c2nc(-c3ccc(-c4n[nH]c(C(=O)OC5CCC(C)CC5)n4)cc3)n[nH]2)CC1. The summed E-state index contributed by atoms with van der Waals surface area (Å²) in [5, 5.41) is 13.9. The van der Waals surface area contributed by atoms with E-state index in [4.69, 9.17) is 4.74 Å². The molecule has 2 aliphatic rings. The molecule has 3 aromatic rings. The molecule has 2 aromatic heterocycles. The van der Waals surface area contributed by atoms with Crippen LogP contribution in [-0.4, -0.2) is 48.2 Å². The van der Waals surface area contributed by atoms with Crippen molar-refractivity contribution in [2.45, 2.75) is 77.7 Å². The van der Waals surface area contributed by atoms with Gasteiger partial charge < -0.3 is 4.74 Å². The fraction of sp³-hybridized carbons (Fsp3) is 0.556. The Balaban J connectivity index is 1.19. The van der Waals surface area contributed by atoms with Crippen LogP contribution < -0.4 is 0 Å². The Bertz CT molecular complexity index is 1090. The van der Waals surface area contributed by atoms with E-state index in [2.05, 4.69) is 44.2 Å². The van der Waals surface area contributed by atoms with Gasteiger partial charge in [0.05, 0.1) is 0 Å². The normalized spacial score (nSPS) is 24.4. The zero-order valence-electron chi connectivity index (χ0n) is 21.0. The van der Waals surface area contributed by atoms with Crippen molar-refractivity contribution in [3.05, 3.63) is 35.9 Å². The number of aromatic amines is 2. The first kappa shape index (κ1) is 24.3. The number of carbonyl (C=O) groups is 2. The summed E-state index contributed by atoms with van der Waals surface area (Å²) in [6.07, 6.45) is 9.01. The minimum Gasteiger partial charge on any atom is -0.457 e. The third kappa shape index (κ3) is 5.71. The minimum atomic E-state index is -0.467. The molecular formula is C27H34N6O3. The van der Waals surface area contributed by atoms with E-state index in [1.54, 1.807) is 0 Å². The molecule has 0 spiro atoms. The minimum absolute atomic E-state index is 0.0211. The van der Waals surface area contributed by atoms with Crippen LogP contribution in [0.15, 0.2) is 24.3 Å². The van der Waals surface area contributed by atoms with Crippen LogP contribution in [0.3, 0.4) is 0 Å². The summed E-state index contributed by atoms with van der Waals surface area (Å²) in [5.74, 6) is 2.76. The summed E-state index contributed by atoms with van der Waals surface area (Å²) in [6.45, 7) is 4.50. The second-order valence-electron chi connectivity index (χ2n) is 10.6. The smallest absolute Gasteiger partial charge is 0.376 e. The second kappa shape index (κ2) is 10.7. The number of nitrogens with zero attached hydrogens (tertiary/aromatic N) is 4. The predicted octanol–water partition coefficient (Wildman–Crippen LogP) is 5.39. The maximum atomic E-state index is 12.7. The van der Waals surface area contributed by atoms with E-state index in [-0.39, 0.29) is 17.7 Å². The van der Waals surface area contributed by atoms with Crippen molar-refractivity contribution in [3.8, 4) is 22.8 Å². The Morgan fingerprint density at radius 3 is 1.86 bits per heavy atom. The molecule has 0 bridgehead atoms. The summed E-state index contributed by atoms with van der Waals surface area (Å²) in [4.78, 5) is 33.9. The molecule has 9 nitrogen and oxygen atoms in total. The van der Waals surface area contributed by atoms with Crippen LogP contribution in [0.2, 0.25) is 0 Å². The highest BCUT2D eigenvalue weighted by atomic mass is 16.5. The van der Waals surface area contributed by atoms with E-state index in [1.165, 1.54) is 12.8 Å². The van der Waals surface area contributed by atoms with Crippen LogP contribution in [0.1, 0.15) is 92.9 Å². The van der Waals surface area contributed by atoms with Gasteiger partial charge in [0.25, 0.3) is 0 Å². The quantitative estimate of drug-likeness (QED) is 0.336. The number of hydrogen-bond donors (Lipinski definition) is 2. The zero-order valence-corrected chi connectivity index (χ0v) is 21.0. The maximum Gasteiger partial charge on any atom is 0.376 e. The van der Waals surface area contributed by atoms with Crippen molar-refractivity contribution in [2.24, 2.45) is 17.8 Å². The number of ether oxygens (including phenoxy) is 1. The summed E-state index contributed by atoms with van der Waals surface area (Å²) >= 11 is 0. The predicted molar refractivity (Wildman–Crippen MR) is 134 cm³/mol. The molecule has 2 aliphatic carbocycles. The van der Waals surface area contributed by atoms with E-state index in [1.807, 2.05) is 24.3 Å². The number of aromatic nitrogens is 6. The number of ketones is 1. The molecule has 2 saturated carbocycles. The van der Waals surface area contributed by atoms with Crippen molar-refractivity contribution in [1.82, 2.24) is 30.4 Å². The van der Waals surface area contributed by atoms with Gasteiger partial charge in [-0.1, -0.05) is 51.0 Å². The van der Waals surface area contributed by atoms with Gasteiger partial charge in [-0.3, -0.25) is 15.0 Å². The fourth-order valence-electron chi connectivity index (χ4n) is 5.21. The molecule has 36 heavy (non-hydrogen) atoms. The maximum absolute atomic E-state index is 12.7. The first-order valence-corrected chi connectivity index (χ1v) is 13.1. The summed E-state index contributed by atoms with van der Waals surface area (Å²) in [5.41, 5.74) is 1.53. The van der Waals surface area contributed by atoms with Crippen LogP contribution in [0.25, 0.3) is 22.8 Å². The number of Topliss-reactive ketones (excluding diaryl/α,β-unsaturated/α-hetero) is 1. The summed E-state index contributed by atoms with van der Waals surface area (Å²) < 4.78 is 5.61. The lowest BCUT2D eigenvalue weighted by molar-refractivity contribution is 0.0160. The fourth-order valence-corrected chi connectivity index (χ4v) is 5.21. The van der Waals surface area contributed by atoms with Crippen molar-refractivity contribution in [2.75, 3.05) is 0 Å². The van der Waals surface area contributed by atoms with E-state index in [0.717, 1.165) is 55.6 Å². The van der Waals surface area contributed by atoms with Crippen molar-refractivity contribution in [3.63, 3.8) is 0 Å². The average Bonchev–Trinajstić information content (AvgIpc) is 3.58. The van der Waals surface area contributed by atoms with Crippen LogP contribution in [-0.2, 0) is 4.74 Å². The molecule has 1 aromatic carbocycles. The van der Waals surface area contributed by atoms with Crippen LogP contribution in [0, 0.1) is 17.8 Å². The van der Waals surface area contributed by atoms with E-state index >= 15 is 0 Å². The molecule has 9 heteroatoms. The van der Waals surface area contributed by atoms with Crippen LogP contribution >= 0.6 is 0 Å². The van der Waals surface area contributed by atoms with Gasteiger partial charge in [-0.15, -0.1) is 0 Å². The van der Waals surface area contributed by atoms with Crippen molar-refractivity contribution < 1.29 is 14.3 Å². The molecule has 0 atom stereocenters. The Labute approximate surface area is 210 Å². The zero-order chi connectivity index (χ0) is 25.1. The lowest BCUT2D eigenvalue weighted by Gasteiger charge is -2.25. The summed E-state index contributed by atoms with van der Waals surface area (Å²) in [6, 6.07) is 7.40. The van der Waals surface area contributed by atoms with E-state index in [0.29, 0.717) is 35.7 Å². The van der Waals surface area contributed by atoms with Crippen LogP contribution in [0.5, 0.6) is 0 Å². The number of H-pyrrole nitrogens is 2. The highest BCUT2D eigenvalue weighted by Crippen LogP contribution is 2.31. The molecule has 0 saturated heterocycles. The number of hydrogen-bond acceptors (Lipinski definition) is 7. The number of benzene rings is 1. The van der Waals surface area contributed by atoms with Gasteiger partial charge in [0.15, 0.2) is 23.3 Å². The molecule has 0 aliphatic heterocycles. The first-order chi connectivity index (χ1) is 17.4. The Morgan fingerprint density at radius 1 is 0.778 bits per heavy atom. The molecule has 0 radical (unpaired) electrons. The molecule has 5 rings (SSSR count). The third-order valence-electron chi connectivity index (χ3n) is 7.68. The Kier molecular flexibility index (Phi) is 7.25. The van der Waals surface area contributed by atoms with Crippen molar-refractivity contribution >= 4 is 11.8 Å². The van der Waals surface area contributed by atoms with Gasteiger partial charge in [-0.05, 0) is 56.3 Å². The molecule has 0 amide bonds. The van der Waals surface area contributed by atoms with Gasteiger partial charge in [-0.25, -0.2) is 14.8 Å². The Hall–Kier alpha value is -3.36. The highest BCUT2D eigenvalue weighted by molar-refractivity contribution is 5.93. The van der Waals surface area contributed by atoms with Gasteiger partial charge in [0.1, 0.15) is 6.10 Å². The van der Waals surface area contributed by atoms with Gasteiger partial charge in [-0.2, -0.15) is 10.2 Å². The number of rotatable bonds is 7. The highest BCUT2D eigenvalue weighted by Gasteiger charge is 2.25. The van der Waals surface area contributed by atoms with E-state index in [9.17, 15) is 9.59 Å². The van der Waals surface area contributed by atoms with E-state index < -0.39 is 5.97 Å². The summed E-state index contributed by atoms with van der Waals surface area (Å²) in [7, 11) is 0. The monoisotopic (exact) mass is 490 g/mol.